The highest BCUT2D eigenvalue weighted by Gasteiger charge is 2.31. The maximum absolute atomic E-state index is 11.7. The Labute approximate surface area is 103 Å². The lowest BCUT2D eigenvalue weighted by atomic mass is 9.88. The molecule has 0 radical (unpaired) electrons. The Bertz CT molecular complexity index is 251. The van der Waals surface area contributed by atoms with Crippen LogP contribution in [0.25, 0.3) is 0 Å². The highest BCUT2D eigenvalue weighted by molar-refractivity contribution is 5.75. The van der Waals surface area contributed by atoms with E-state index in [4.69, 9.17) is 9.47 Å². The average Bonchev–Trinajstić information content (AvgIpc) is 2.40. The van der Waals surface area contributed by atoms with Crippen LogP contribution in [0.2, 0.25) is 0 Å². The number of methoxy groups -OCH3 is 1. The molecule has 0 amide bonds. The quantitative estimate of drug-likeness (QED) is 0.701. The molecule has 0 bridgehead atoms. The van der Waals surface area contributed by atoms with Gasteiger partial charge < -0.3 is 9.47 Å². The number of ether oxygens (including phenoxy) is 2. The first kappa shape index (κ1) is 12.8. The van der Waals surface area contributed by atoms with Crippen LogP contribution in [0.4, 0.5) is 0 Å². The first-order valence-electron chi connectivity index (χ1n) is 6.71. The summed E-state index contributed by atoms with van der Waals surface area (Å²) >= 11 is 0. The zero-order chi connectivity index (χ0) is 12.1. The molecular weight excluding hydrogens is 218 g/mol. The predicted octanol–water partition coefficient (Wildman–Crippen LogP) is 1.44. The van der Waals surface area contributed by atoms with Crippen molar-refractivity contribution >= 4 is 5.97 Å². The van der Waals surface area contributed by atoms with Gasteiger partial charge in [-0.3, -0.25) is 9.69 Å². The Morgan fingerprint density at radius 1 is 1.35 bits per heavy atom. The van der Waals surface area contributed by atoms with Gasteiger partial charge >= 0.3 is 5.97 Å². The van der Waals surface area contributed by atoms with Crippen molar-refractivity contribution < 1.29 is 14.3 Å². The Hall–Kier alpha value is -0.610. The van der Waals surface area contributed by atoms with E-state index < -0.39 is 0 Å². The summed E-state index contributed by atoms with van der Waals surface area (Å²) < 4.78 is 10.2. The molecule has 2 aliphatic rings. The molecule has 0 aromatic heterocycles. The smallest absolute Gasteiger partial charge is 0.325 e. The molecule has 1 aliphatic carbocycles. The topological polar surface area (TPSA) is 38.8 Å². The second kappa shape index (κ2) is 6.36. The number of carbonyl (C=O) groups is 1. The van der Waals surface area contributed by atoms with E-state index in [0.29, 0.717) is 6.61 Å². The second-order valence-electron chi connectivity index (χ2n) is 5.11. The zero-order valence-electron chi connectivity index (χ0n) is 10.7. The van der Waals surface area contributed by atoms with Crippen molar-refractivity contribution in [1.82, 2.24) is 4.90 Å². The maximum Gasteiger partial charge on any atom is 0.325 e. The van der Waals surface area contributed by atoms with Gasteiger partial charge in [0.2, 0.25) is 0 Å². The van der Waals surface area contributed by atoms with Gasteiger partial charge in [-0.2, -0.15) is 0 Å². The summed E-state index contributed by atoms with van der Waals surface area (Å²) in [5.74, 6) is 0.606. The van der Waals surface area contributed by atoms with Crippen LogP contribution in [0.3, 0.4) is 0 Å². The molecule has 1 saturated heterocycles. The van der Waals surface area contributed by atoms with E-state index in [1.54, 1.807) is 0 Å². The molecule has 17 heavy (non-hydrogen) atoms. The summed E-state index contributed by atoms with van der Waals surface area (Å²) in [5.41, 5.74) is 0. The minimum absolute atomic E-state index is 0.152. The molecule has 1 atom stereocenters. The highest BCUT2D eigenvalue weighted by atomic mass is 16.5. The average molecular weight is 241 g/mol. The molecule has 2 rings (SSSR count). The Balaban J connectivity index is 1.88. The summed E-state index contributed by atoms with van der Waals surface area (Å²) in [6.07, 6.45) is 6.69. The third-order valence-electron chi connectivity index (χ3n) is 3.93. The lowest BCUT2D eigenvalue weighted by Gasteiger charge is -2.36. The van der Waals surface area contributed by atoms with Crippen molar-refractivity contribution in [3.05, 3.63) is 0 Å². The maximum atomic E-state index is 11.7. The van der Waals surface area contributed by atoms with E-state index in [1.165, 1.54) is 39.2 Å². The fourth-order valence-electron chi connectivity index (χ4n) is 2.91. The summed E-state index contributed by atoms with van der Waals surface area (Å²) in [6, 6.07) is -0.185. The van der Waals surface area contributed by atoms with Gasteiger partial charge in [0.1, 0.15) is 6.04 Å². The minimum Gasteiger partial charge on any atom is -0.468 e. The molecule has 2 fully saturated rings. The lowest BCUT2D eigenvalue weighted by Crippen LogP contribution is -2.52. The Morgan fingerprint density at radius 2 is 2.12 bits per heavy atom. The molecular formula is C13H23NO3. The molecule has 1 heterocycles. The van der Waals surface area contributed by atoms with Crippen molar-refractivity contribution in [2.45, 2.75) is 38.1 Å². The first-order chi connectivity index (χ1) is 8.31. The SMILES string of the molecule is COC(=O)C1COCCN1CC1CCCCC1. The second-order valence-corrected chi connectivity index (χ2v) is 5.11. The number of hydrogen-bond acceptors (Lipinski definition) is 4. The van der Waals surface area contributed by atoms with Crippen LogP contribution < -0.4 is 0 Å². The molecule has 1 aliphatic heterocycles. The van der Waals surface area contributed by atoms with Crippen molar-refractivity contribution in [3.8, 4) is 0 Å². The molecule has 0 N–H and O–H groups in total. The molecule has 1 saturated carbocycles. The standard InChI is InChI=1S/C13H23NO3/c1-16-13(15)12-10-17-8-7-14(12)9-11-5-3-2-4-6-11/h11-12H,2-10H2,1H3. The van der Waals surface area contributed by atoms with Gasteiger partial charge in [-0.25, -0.2) is 0 Å². The minimum atomic E-state index is -0.185. The molecule has 98 valence electrons. The summed E-state index contributed by atoms with van der Waals surface area (Å²) in [7, 11) is 1.45. The van der Waals surface area contributed by atoms with E-state index in [9.17, 15) is 4.79 Å². The first-order valence-corrected chi connectivity index (χ1v) is 6.71. The zero-order valence-corrected chi connectivity index (χ0v) is 10.7. The van der Waals surface area contributed by atoms with Crippen LogP contribution in [-0.4, -0.2) is 50.3 Å². The fraction of sp³-hybridized carbons (Fsp3) is 0.923. The van der Waals surface area contributed by atoms with E-state index in [0.717, 1.165) is 25.6 Å². The Kier molecular flexibility index (Phi) is 4.80. The van der Waals surface area contributed by atoms with Crippen LogP contribution in [0.5, 0.6) is 0 Å². The van der Waals surface area contributed by atoms with Gasteiger partial charge in [0.05, 0.1) is 20.3 Å². The lowest BCUT2D eigenvalue weighted by molar-refractivity contribution is -0.153. The normalized spacial score (nSPS) is 27.9. The van der Waals surface area contributed by atoms with Gasteiger partial charge in [0, 0.05) is 13.1 Å². The summed E-state index contributed by atoms with van der Waals surface area (Å²) in [6.45, 7) is 3.11. The summed E-state index contributed by atoms with van der Waals surface area (Å²) in [4.78, 5) is 13.9. The molecule has 0 spiro atoms. The van der Waals surface area contributed by atoms with E-state index in [1.807, 2.05) is 0 Å². The van der Waals surface area contributed by atoms with Crippen LogP contribution in [0, 0.1) is 5.92 Å². The molecule has 0 aromatic rings. The fourth-order valence-corrected chi connectivity index (χ4v) is 2.91. The van der Waals surface area contributed by atoms with Crippen LogP contribution >= 0.6 is 0 Å². The van der Waals surface area contributed by atoms with Gasteiger partial charge in [-0.15, -0.1) is 0 Å². The number of esters is 1. The number of carbonyl (C=O) groups excluding carboxylic acids is 1. The van der Waals surface area contributed by atoms with Gasteiger partial charge in [0.15, 0.2) is 0 Å². The predicted molar refractivity (Wildman–Crippen MR) is 64.8 cm³/mol. The number of nitrogens with zero attached hydrogens (tertiary/aromatic N) is 1. The monoisotopic (exact) mass is 241 g/mol. The number of morpholine rings is 1. The van der Waals surface area contributed by atoms with E-state index in [-0.39, 0.29) is 12.0 Å². The molecule has 0 aromatic carbocycles. The van der Waals surface area contributed by atoms with Crippen molar-refractivity contribution in [3.63, 3.8) is 0 Å². The van der Waals surface area contributed by atoms with Gasteiger partial charge in [0.25, 0.3) is 0 Å². The third kappa shape index (κ3) is 3.42. The third-order valence-corrected chi connectivity index (χ3v) is 3.93. The van der Waals surface area contributed by atoms with Crippen LogP contribution in [0.15, 0.2) is 0 Å². The number of hydrogen-bond donors (Lipinski definition) is 0. The Morgan fingerprint density at radius 3 is 2.82 bits per heavy atom. The molecule has 4 heteroatoms. The molecule has 1 unspecified atom stereocenters. The van der Waals surface area contributed by atoms with Crippen molar-refractivity contribution in [2.75, 3.05) is 33.4 Å². The van der Waals surface area contributed by atoms with Crippen molar-refractivity contribution in [2.24, 2.45) is 5.92 Å². The van der Waals surface area contributed by atoms with Crippen LogP contribution in [0.1, 0.15) is 32.1 Å². The number of rotatable bonds is 3. The molecule has 4 nitrogen and oxygen atoms in total. The van der Waals surface area contributed by atoms with Crippen molar-refractivity contribution in [1.29, 1.82) is 0 Å². The largest absolute Gasteiger partial charge is 0.468 e. The van der Waals surface area contributed by atoms with Crippen LogP contribution in [-0.2, 0) is 14.3 Å². The highest BCUT2D eigenvalue weighted by Crippen LogP contribution is 2.25. The summed E-state index contributed by atoms with van der Waals surface area (Å²) in [5, 5.41) is 0. The van der Waals surface area contributed by atoms with Gasteiger partial charge in [-0.1, -0.05) is 19.3 Å². The van der Waals surface area contributed by atoms with E-state index in [2.05, 4.69) is 4.90 Å². The van der Waals surface area contributed by atoms with Gasteiger partial charge in [-0.05, 0) is 18.8 Å². The van der Waals surface area contributed by atoms with E-state index >= 15 is 0 Å².